The van der Waals surface area contributed by atoms with Crippen molar-refractivity contribution in [2.24, 2.45) is 0 Å². The number of methoxy groups -OCH3 is 1. The van der Waals surface area contributed by atoms with E-state index in [4.69, 9.17) is 19.6 Å². The van der Waals surface area contributed by atoms with Gasteiger partial charge in [0.15, 0.2) is 17.5 Å². The van der Waals surface area contributed by atoms with Crippen molar-refractivity contribution in [1.29, 1.82) is 5.41 Å². The molecule has 1 aromatic heterocycles. The molecule has 3 rings (SSSR count). The van der Waals surface area contributed by atoms with Crippen LogP contribution in [0.15, 0.2) is 36.7 Å². The van der Waals surface area contributed by atoms with Crippen LogP contribution in [0, 0.1) is 5.41 Å². The van der Waals surface area contributed by atoms with Gasteiger partial charge in [-0.25, -0.2) is 14.8 Å². The van der Waals surface area contributed by atoms with E-state index in [1.807, 2.05) is 30.3 Å². The van der Waals surface area contributed by atoms with Gasteiger partial charge in [-0.1, -0.05) is 30.3 Å². The second-order valence-electron chi connectivity index (χ2n) is 5.06. The summed E-state index contributed by atoms with van der Waals surface area (Å²) in [6, 6.07) is 9.57. The van der Waals surface area contributed by atoms with E-state index in [-0.39, 0.29) is 23.0 Å². The van der Waals surface area contributed by atoms with E-state index in [0.29, 0.717) is 6.42 Å². The summed E-state index contributed by atoms with van der Waals surface area (Å²) in [4.78, 5) is 19.0. The van der Waals surface area contributed by atoms with Crippen molar-refractivity contribution >= 4 is 11.9 Å². The second kappa shape index (κ2) is 6.63. The molecule has 0 spiro atoms. The van der Waals surface area contributed by atoms with Crippen LogP contribution < -0.4 is 4.74 Å². The largest absolute Gasteiger partial charge is 0.492 e. The molecule has 2 N–H and O–H groups in total. The van der Waals surface area contributed by atoms with Gasteiger partial charge in [0.25, 0.3) is 0 Å². The lowest BCUT2D eigenvalue weighted by atomic mass is 10.1. The van der Waals surface area contributed by atoms with E-state index in [1.165, 1.54) is 7.11 Å². The minimum atomic E-state index is -1.25. The van der Waals surface area contributed by atoms with Crippen molar-refractivity contribution in [3.8, 4) is 5.75 Å². The number of carbonyl (C=O) groups is 1. The van der Waals surface area contributed by atoms with Crippen molar-refractivity contribution < 1.29 is 24.1 Å². The maximum absolute atomic E-state index is 11.2. The van der Waals surface area contributed by atoms with Crippen LogP contribution in [-0.4, -0.2) is 40.3 Å². The molecule has 124 valence electrons. The Morgan fingerprint density at radius 1 is 1.33 bits per heavy atom. The summed E-state index contributed by atoms with van der Waals surface area (Å²) in [7, 11) is 1.31. The Balaban J connectivity index is 1.84. The molecule has 1 saturated heterocycles. The summed E-state index contributed by atoms with van der Waals surface area (Å²) in [6.07, 6.45) is -0.0333. The molecule has 0 radical (unpaired) electrons. The minimum absolute atomic E-state index is 0.0382. The number of aromatic nitrogens is 2. The van der Waals surface area contributed by atoms with E-state index < -0.39 is 18.4 Å². The number of carboxylic acid groups (broad SMARTS) is 1. The molecule has 0 amide bonds. The topological polar surface area (TPSA) is 115 Å². The predicted molar refractivity (Wildman–Crippen MR) is 82.1 cm³/mol. The first kappa shape index (κ1) is 15.9. The molecule has 0 bridgehead atoms. The molecule has 0 aliphatic carbocycles. The fraction of sp³-hybridized carbons (Fsp3) is 0.250. The average Bonchev–Trinajstić information content (AvgIpc) is 2.95. The highest BCUT2D eigenvalue weighted by Gasteiger charge is 2.38. The highest BCUT2D eigenvalue weighted by Crippen LogP contribution is 2.34. The standard InChI is InChI=1S/C16H15N3O5/c1-22-13-11(18-8-19-12(13)16(20)21)14-15(17)24-10(23-14)7-9-5-3-2-4-6-9/h2-6,8,10,14,17H,7H2,1H3,(H,20,21). The van der Waals surface area contributed by atoms with Gasteiger partial charge in [0.1, 0.15) is 12.0 Å². The summed E-state index contributed by atoms with van der Waals surface area (Å²) >= 11 is 0. The van der Waals surface area contributed by atoms with Crippen LogP contribution >= 0.6 is 0 Å². The van der Waals surface area contributed by atoms with Crippen LogP contribution in [0.2, 0.25) is 0 Å². The van der Waals surface area contributed by atoms with E-state index >= 15 is 0 Å². The predicted octanol–water partition coefficient (Wildman–Crippen LogP) is 1.82. The summed E-state index contributed by atoms with van der Waals surface area (Å²) in [6.45, 7) is 0. The Morgan fingerprint density at radius 3 is 2.75 bits per heavy atom. The molecule has 24 heavy (non-hydrogen) atoms. The Bertz CT molecular complexity index is 766. The van der Waals surface area contributed by atoms with Crippen LogP contribution in [0.3, 0.4) is 0 Å². The van der Waals surface area contributed by atoms with E-state index in [0.717, 1.165) is 11.9 Å². The fourth-order valence-electron chi connectivity index (χ4n) is 2.46. The summed E-state index contributed by atoms with van der Waals surface area (Å²) in [5.41, 5.74) is 0.868. The first-order valence-corrected chi connectivity index (χ1v) is 7.16. The Labute approximate surface area is 137 Å². The summed E-state index contributed by atoms with van der Waals surface area (Å²) in [5.74, 6) is -1.44. The number of hydrogen-bond acceptors (Lipinski definition) is 7. The average molecular weight is 329 g/mol. The molecular formula is C16H15N3O5. The zero-order valence-corrected chi connectivity index (χ0v) is 12.8. The van der Waals surface area contributed by atoms with Crippen LogP contribution in [0.25, 0.3) is 0 Å². The molecule has 2 aromatic rings. The molecule has 2 atom stereocenters. The number of carboxylic acids is 1. The molecule has 1 fully saturated rings. The van der Waals surface area contributed by atoms with Gasteiger partial charge in [-0.2, -0.15) is 0 Å². The van der Waals surface area contributed by atoms with Crippen molar-refractivity contribution in [2.45, 2.75) is 18.8 Å². The number of rotatable bonds is 5. The molecule has 1 aliphatic heterocycles. The molecule has 2 heterocycles. The maximum Gasteiger partial charge on any atom is 0.358 e. The number of nitrogens with zero attached hydrogens (tertiary/aromatic N) is 2. The molecule has 1 aromatic carbocycles. The zero-order chi connectivity index (χ0) is 17.1. The molecule has 1 aliphatic rings. The minimum Gasteiger partial charge on any atom is -0.492 e. The zero-order valence-electron chi connectivity index (χ0n) is 12.8. The molecule has 8 heteroatoms. The van der Waals surface area contributed by atoms with Gasteiger partial charge >= 0.3 is 5.97 Å². The van der Waals surface area contributed by atoms with Crippen molar-refractivity contribution in [3.05, 3.63) is 53.6 Å². The van der Waals surface area contributed by atoms with E-state index in [2.05, 4.69) is 9.97 Å². The van der Waals surface area contributed by atoms with Gasteiger partial charge in [0, 0.05) is 6.42 Å². The lowest BCUT2D eigenvalue weighted by Gasteiger charge is -2.13. The number of aromatic carboxylic acids is 1. The maximum atomic E-state index is 11.2. The first-order valence-electron chi connectivity index (χ1n) is 7.16. The quantitative estimate of drug-likeness (QED) is 0.859. The van der Waals surface area contributed by atoms with Crippen molar-refractivity contribution in [1.82, 2.24) is 9.97 Å². The number of benzene rings is 1. The number of nitrogens with one attached hydrogen (secondary N) is 1. The lowest BCUT2D eigenvalue weighted by molar-refractivity contribution is -0.0493. The molecule has 0 saturated carbocycles. The smallest absolute Gasteiger partial charge is 0.358 e. The SMILES string of the molecule is COc1c(C(=O)O)ncnc1C1OC(Cc2ccccc2)OC1=N. The van der Waals surface area contributed by atoms with Gasteiger partial charge in [-0.3, -0.25) is 5.41 Å². The Morgan fingerprint density at radius 2 is 2.08 bits per heavy atom. The Kier molecular flexibility index (Phi) is 4.39. The highest BCUT2D eigenvalue weighted by atomic mass is 16.7. The van der Waals surface area contributed by atoms with E-state index in [1.54, 1.807) is 0 Å². The lowest BCUT2D eigenvalue weighted by Crippen LogP contribution is -2.15. The van der Waals surface area contributed by atoms with E-state index in [9.17, 15) is 9.90 Å². The van der Waals surface area contributed by atoms with Crippen LogP contribution in [0.1, 0.15) is 27.8 Å². The van der Waals surface area contributed by atoms with Gasteiger partial charge in [0.2, 0.25) is 12.2 Å². The fourth-order valence-corrected chi connectivity index (χ4v) is 2.46. The Hall–Kier alpha value is -3.00. The van der Waals surface area contributed by atoms with Crippen LogP contribution in [0.5, 0.6) is 5.75 Å². The van der Waals surface area contributed by atoms with Crippen molar-refractivity contribution in [3.63, 3.8) is 0 Å². The second-order valence-corrected chi connectivity index (χ2v) is 5.06. The van der Waals surface area contributed by atoms with Crippen LogP contribution in [-0.2, 0) is 15.9 Å². The molecular weight excluding hydrogens is 314 g/mol. The summed E-state index contributed by atoms with van der Waals surface area (Å²) in [5, 5.41) is 17.2. The highest BCUT2D eigenvalue weighted by molar-refractivity contribution is 5.90. The van der Waals surface area contributed by atoms with Crippen LogP contribution in [0.4, 0.5) is 0 Å². The number of hydrogen-bond donors (Lipinski definition) is 2. The third kappa shape index (κ3) is 3.04. The monoisotopic (exact) mass is 329 g/mol. The third-order valence-corrected chi connectivity index (χ3v) is 3.52. The molecule has 8 nitrogen and oxygen atoms in total. The van der Waals surface area contributed by atoms with Crippen molar-refractivity contribution in [2.75, 3.05) is 7.11 Å². The number of ether oxygens (including phenoxy) is 3. The van der Waals surface area contributed by atoms with Gasteiger partial charge in [-0.05, 0) is 5.56 Å². The van der Waals surface area contributed by atoms with Gasteiger partial charge in [0.05, 0.1) is 7.11 Å². The normalized spacial score (nSPS) is 19.8. The van der Waals surface area contributed by atoms with Gasteiger partial charge in [-0.15, -0.1) is 0 Å². The first-order chi connectivity index (χ1) is 11.6. The molecule has 2 unspecified atom stereocenters. The van der Waals surface area contributed by atoms with Gasteiger partial charge < -0.3 is 19.3 Å². The summed E-state index contributed by atoms with van der Waals surface area (Å²) < 4.78 is 16.3. The third-order valence-electron chi connectivity index (χ3n) is 3.52.